The molecule has 1 aromatic carbocycles. The van der Waals surface area contributed by atoms with Gasteiger partial charge in [0.15, 0.2) is 5.78 Å². The second-order valence-electron chi connectivity index (χ2n) is 4.72. The molecule has 19 heavy (non-hydrogen) atoms. The lowest BCUT2D eigenvalue weighted by atomic mass is 9.96. The first-order valence-electron chi connectivity index (χ1n) is 6.28. The van der Waals surface area contributed by atoms with Gasteiger partial charge in [-0.3, -0.25) is 4.79 Å². The third kappa shape index (κ3) is 3.28. The van der Waals surface area contributed by atoms with E-state index in [1.807, 2.05) is 35.7 Å². The largest absolute Gasteiger partial charge is 0.382 e. The number of thiazole rings is 1. The highest BCUT2D eigenvalue weighted by Gasteiger charge is 2.28. The summed E-state index contributed by atoms with van der Waals surface area (Å²) in [4.78, 5) is 16.4. The fourth-order valence-electron chi connectivity index (χ4n) is 1.66. The minimum atomic E-state index is -1.25. The maximum Gasteiger partial charge on any atom is 0.170 e. The summed E-state index contributed by atoms with van der Waals surface area (Å²) in [7, 11) is 0. The van der Waals surface area contributed by atoms with Crippen molar-refractivity contribution in [3.63, 3.8) is 0 Å². The fourth-order valence-corrected chi connectivity index (χ4v) is 2.46. The van der Waals surface area contributed by atoms with Gasteiger partial charge in [0.2, 0.25) is 0 Å². The Morgan fingerprint density at radius 2 is 2.05 bits per heavy atom. The number of aliphatic hydroxyl groups is 1. The Bertz CT molecular complexity index is 561. The third-order valence-electron chi connectivity index (χ3n) is 3.22. The molecule has 2 rings (SSSR count). The van der Waals surface area contributed by atoms with E-state index in [0.29, 0.717) is 6.42 Å². The van der Waals surface area contributed by atoms with E-state index in [4.69, 9.17) is 0 Å². The van der Waals surface area contributed by atoms with Crippen LogP contribution in [-0.2, 0) is 11.2 Å². The van der Waals surface area contributed by atoms with Gasteiger partial charge >= 0.3 is 0 Å². The summed E-state index contributed by atoms with van der Waals surface area (Å²) < 4.78 is 0. The summed E-state index contributed by atoms with van der Waals surface area (Å²) >= 11 is 1.46. The van der Waals surface area contributed by atoms with Crippen molar-refractivity contribution in [3.8, 4) is 11.3 Å². The molecule has 0 radical (unpaired) electrons. The Hall–Kier alpha value is -1.52. The zero-order chi connectivity index (χ0) is 13.9. The molecule has 1 heterocycles. The molecule has 3 nitrogen and oxygen atoms in total. The molecule has 1 atom stereocenters. The van der Waals surface area contributed by atoms with Crippen LogP contribution < -0.4 is 0 Å². The number of carbonyl (C=O) groups is 1. The Morgan fingerprint density at radius 1 is 1.37 bits per heavy atom. The molecular weight excluding hydrogens is 258 g/mol. The van der Waals surface area contributed by atoms with Crippen molar-refractivity contribution in [1.82, 2.24) is 4.98 Å². The molecule has 4 heteroatoms. The second kappa shape index (κ2) is 5.63. The van der Waals surface area contributed by atoms with Crippen molar-refractivity contribution in [2.24, 2.45) is 0 Å². The minimum absolute atomic E-state index is 0.177. The highest BCUT2D eigenvalue weighted by Crippen LogP contribution is 2.23. The van der Waals surface area contributed by atoms with E-state index in [9.17, 15) is 9.90 Å². The van der Waals surface area contributed by atoms with E-state index < -0.39 is 5.60 Å². The number of hydrogen-bond donors (Lipinski definition) is 1. The summed E-state index contributed by atoms with van der Waals surface area (Å²) in [6, 6.07) is 9.85. The number of rotatable bonds is 5. The molecule has 0 bridgehead atoms. The number of aromatic nitrogens is 1. The first-order chi connectivity index (χ1) is 9.03. The van der Waals surface area contributed by atoms with Gasteiger partial charge in [-0.05, 0) is 13.3 Å². The van der Waals surface area contributed by atoms with Crippen LogP contribution in [0.1, 0.15) is 25.3 Å². The highest BCUT2D eigenvalue weighted by atomic mass is 32.1. The Morgan fingerprint density at radius 3 is 2.68 bits per heavy atom. The van der Waals surface area contributed by atoms with Crippen molar-refractivity contribution in [3.05, 3.63) is 40.7 Å². The standard InChI is InChI=1S/C15H17NO2S/c1-3-15(2,18)13(17)9-14-16-12(10-19-14)11-7-5-4-6-8-11/h4-8,10,18H,3,9H2,1-2H3. The first-order valence-corrected chi connectivity index (χ1v) is 7.16. The van der Waals surface area contributed by atoms with Crippen LogP contribution in [0.4, 0.5) is 0 Å². The normalized spacial score (nSPS) is 14.1. The predicted molar refractivity (Wildman–Crippen MR) is 77.2 cm³/mol. The third-order valence-corrected chi connectivity index (χ3v) is 4.07. The topological polar surface area (TPSA) is 50.2 Å². The molecule has 0 aliphatic rings. The van der Waals surface area contributed by atoms with Crippen molar-refractivity contribution >= 4 is 17.1 Å². The van der Waals surface area contributed by atoms with Crippen LogP contribution in [0.15, 0.2) is 35.7 Å². The lowest BCUT2D eigenvalue weighted by Crippen LogP contribution is -2.35. The molecule has 100 valence electrons. The minimum Gasteiger partial charge on any atom is -0.382 e. The van der Waals surface area contributed by atoms with Gasteiger partial charge in [0.1, 0.15) is 10.6 Å². The Kier molecular flexibility index (Phi) is 4.12. The Balaban J connectivity index is 2.13. The van der Waals surface area contributed by atoms with E-state index >= 15 is 0 Å². The van der Waals surface area contributed by atoms with Gasteiger partial charge < -0.3 is 5.11 Å². The number of Topliss-reactive ketones (excluding diaryl/α,β-unsaturated/α-hetero) is 1. The van der Waals surface area contributed by atoms with E-state index in [-0.39, 0.29) is 12.2 Å². The zero-order valence-electron chi connectivity index (χ0n) is 11.1. The van der Waals surface area contributed by atoms with Crippen LogP contribution in [0.25, 0.3) is 11.3 Å². The number of ketones is 1. The van der Waals surface area contributed by atoms with Gasteiger partial charge in [0.05, 0.1) is 12.1 Å². The summed E-state index contributed by atoms with van der Waals surface area (Å²) in [6.07, 6.45) is 0.612. The summed E-state index contributed by atoms with van der Waals surface area (Å²) in [5.41, 5.74) is 0.669. The molecule has 0 fully saturated rings. The number of carbonyl (C=O) groups excluding carboxylic acids is 1. The average molecular weight is 275 g/mol. The molecule has 0 aliphatic carbocycles. The lowest BCUT2D eigenvalue weighted by molar-refractivity contribution is -0.135. The monoisotopic (exact) mass is 275 g/mol. The Labute approximate surface area is 116 Å². The lowest BCUT2D eigenvalue weighted by Gasteiger charge is -2.18. The predicted octanol–water partition coefficient (Wildman–Crippen LogP) is 3.08. The van der Waals surface area contributed by atoms with Gasteiger partial charge in [0, 0.05) is 10.9 Å². The van der Waals surface area contributed by atoms with E-state index in [1.165, 1.54) is 11.3 Å². The van der Waals surface area contributed by atoms with Crippen molar-refractivity contribution in [2.45, 2.75) is 32.3 Å². The van der Waals surface area contributed by atoms with Crippen LogP contribution in [0.3, 0.4) is 0 Å². The van der Waals surface area contributed by atoms with Crippen LogP contribution in [0.2, 0.25) is 0 Å². The maximum atomic E-state index is 11.9. The van der Waals surface area contributed by atoms with E-state index in [2.05, 4.69) is 4.98 Å². The molecule has 0 aliphatic heterocycles. The van der Waals surface area contributed by atoms with Crippen LogP contribution in [0.5, 0.6) is 0 Å². The van der Waals surface area contributed by atoms with Gasteiger partial charge in [-0.15, -0.1) is 11.3 Å². The fraction of sp³-hybridized carbons (Fsp3) is 0.333. The van der Waals surface area contributed by atoms with Crippen LogP contribution >= 0.6 is 11.3 Å². The van der Waals surface area contributed by atoms with Gasteiger partial charge in [0.25, 0.3) is 0 Å². The molecule has 1 unspecified atom stereocenters. The van der Waals surface area contributed by atoms with E-state index in [0.717, 1.165) is 16.3 Å². The molecule has 2 aromatic rings. The van der Waals surface area contributed by atoms with Gasteiger partial charge in [-0.2, -0.15) is 0 Å². The average Bonchev–Trinajstić information content (AvgIpc) is 2.88. The number of hydrogen-bond acceptors (Lipinski definition) is 4. The molecule has 0 spiro atoms. The molecule has 1 N–H and O–H groups in total. The molecule has 0 saturated heterocycles. The van der Waals surface area contributed by atoms with Crippen molar-refractivity contribution in [1.29, 1.82) is 0 Å². The maximum absolute atomic E-state index is 11.9. The summed E-state index contributed by atoms with van der Waals surface area (Å²) in [6.45, 7) is 3.36. The van der Waals surface area contributed by atoms with E-state index in [1.54, 1.807) is 13.8 Å². The zero-order valence-corrected chi connectivity index (χ0v) is 11.9. The van der Waals surface area contributed by atoms with Crippen LogP contribution in [-0.4, -0.2) is 21.5 Å². The van der Waals surface area contributed by atoms with Gasteiger partial charge in [-0.1, -0.05) is 37.3 Å². The first kappa shape index (κ1) is 13.9. The molecule has 0 amide bonds. The van der Waals surface area contributed by atoms with Crippen molar-refractivity contribution in [2.75, 3.05) is 0 Å². The van der Waals surface area contributed by atoms with Gasteiger partial charge in [-0.25, -0.2) is 4.98 Å². The quantitative estimate of drug-likeness (QED) is 0.912. The molecular formula is C15H17NO2S. The smallest absolute Gasteiger partial charge is 0.170 e. The number of nitrogens with zero attached hydrogens (tertiary/aromatic N) is 1. The molecule has 1 aromatic heterocycles. The van der Waals surface area contributed by atoms with Crippen molar-refractivity contribution < 1.29 is 9.90 Å². The molecule has 0 saturated carbocycles. The summed E-state index contributed by atoms with van der Waals surface area (Å²) in [5.74, 6) is -0.177. The summed E-state index contributed by atoms with van der Waals surface area (Å²) in [5, 5.41) is 12.6. The SMILES string of the molecule is CCC(C)(O)C(=O)Cc1nc(-c2ccccc2)cs1. The van der Waals surface area contributed by atoms with Crippen LogP contribution in [0, 0.1) is 0 Å². The second-order valence-corrected chi connectivity index (χ2v) is 5.66. The highest BCUT2D eigenvalue weighted by molar-refractivity contribution is 7.10. The number of benzene rings is 1.